The fourth-order valence-electron chi connectivity index (χ4n) is 3.84. The minimum absolute atomic E-state index is 0.0762. The lowest BCUT2D eigenvalue weighted by Gasteiger charge is -2.36. The molecule has 166 valence electrons. The second-order valence-corrected chi connectivity index (χ2v) is 8.14. The third-order valence-electron chi connectivity index (χ3n) is 5.84. The molecule has 0 bridgehead atoms. The Hall–Kier alpha value is -3.55. The zero-order valence-electron chi connectivity index (χ0n) is 18.2. The van der Waals surface area contributed by atoms with Gasteiger partial charge < -0.3 is 24.4 Å². The first-order valence-electron chi connectivity index (χ1n) is 11.2. The number of benzene rings is 2. The number of urea groups is 1. The van der Waals surface area contributed by atoms with Crippen LogP contribution in [0.3, 0.4) is 0 Å². The number of carbonyl (C=O) groups excluding carboxylic acids is 1. The Labute approximate surface area is 187 Å². The monoisotopic (exact) mass is 433 g/mol. The van der Waals surface area contributed by atoms with Gasteiger partial charge in [-0.3, -0.25) is 0 Å². The fourth-order valence-corrected chi connectivity index (χ4v) is 3.84. The Morgan fingerprint density at radius 3 is 2.44 bits per heavy atom. The third-order valence-corrected chi connectivity index (χ3v) is 5.84. The number of ether oxygens (including phenoxy) is 1. The number of amides is 2. The van der Waals surface area contributed by atoms with Crippen molar-refractivity contribution >= 4 is 17.4 Å². The van der Waals surface area contributed by atoms with Crippen LogP contribution in [-0.4, -0.2) is 53.9 Å². The molecule has 8 nitrogen and oxygen atoms in total. The second kappa shape index (κ2) is 8.90. The number of nitrogens with zero attached hydrogens (tertiary/aromatic N) is 4. The van der Waals surface area contributed by atoms with Crippen LogP contribution in [-0.2, 0) is 0 Å². The van der Waals surface area contributed by atoms with E-state index in [1.54, 1.807) is 0 Å². The highest BCUT2D eigenvalue weighted by Crippen LogP contribution is 2.39. The van der Waals surface area contributed by atoms with Crippen molar-refractivity contribution in [3.05, 3.63) is 54.4 Å². The Balaban J connectivity index is 1.14. The van der Waals surface area contributed by atoms with Crippen LogP contribution in [0.4, 0.5) is 16.2 Å². The summed E-state index contributed by atoms with van der Waals surface area (Å²) in [5.41, 5.74) is 2.85. The van der Waals surface area contributed by atoms with E-state index >= 15 is 0 Å². The van der Waals surface area contributed by atoms with E-state index in [1.165, 1.54) is 0 Å². The molecule has 1 N–H and O–H groups in total. The molecule has 0 atom stereocenters. The quantitative estimate of drug-likeness (QED) is 0.622. The molecule has 0 spiro atoms. The first-order chi connectivity index (χ1) is 15.7. The van der Waals surface area contributed by atoms with Crippen molar-refractivity contribution in [3.8, 4) is 17.1 Å². The smallest absolute Gasteiger partial charge is 0.321 e. The maximum atomic E-state index is 12.6. The maximum absolute atomic E-state index is 12.6. The molecule has 2 amide bonds. The zero-order valence-corrected chi connectivity index (χ0v) is 18.2. The lowest BCUT2D eigenvalue weighted by molar-refractivity contribution is 0.208. The fraction of sp³-hybridized carbons (Fsp3) is 0.375. The van der Waals surface area contributed by atoms with Crippen LogP contribution in [0.2, 0.25) is 0 Å². The van der Waals surface area contributed by atoms with Gasteiger partial charge in [0.25, 0.3) is 0 Å². The van der Waals surface area contributed by atoms with Crippen LogP contribution in [0, 0.1) is 0 Å². The molecule has 0 unspecified atom stereocenters. The van der Waals surface area contributed by atoms with Crippen molar-refractivity contribution in [2.75, 3.05) is 43.0 Å². The number of aromatic nitrogens is 2. The van der Waals surface area contributed by atoms with E-state index in [0.717, 1.165) is 54.5 Å². The van der Waals surface area contributed by atoms with Crippen LogP contribution in [0.1, 0.15) is 31.6 Å². The number of anilines is 2. The van der Waals surface area contributed by atoms with Crippen molar-refractivity contribution in [2.45, 2.75) is 25.7 Å². The average molecular weight is 434 g/mol. The van der Waals surface area contributed by atoms with E-state index in [4.69, 9.17) is 9.26 Å². The van der Waals surface area contributed by atoms with Crippen LogP contribution >= 0.6 is 0 Å². The summed E-state index contributed by atoms with van der Waals surface area (Å²) in [7, 11) is 0. The van der Waals surface area contributed by atoms with Gasteiger partial charge in [0.2, 0.25) is 11.7 Å². The van der Waals surface area contributed by atoms with Gasteiger partial charge in [0.15, 0.2) is 0 Å². The molecule has 2 aliphatic rings. The van der Waals surface area contributed by atoms with Crippen LogP contribution < -0.4 is 15.0 Å². The summed E-state index contributed by atoms with van der Waals surface area (Å²) in [6.45, 7) is 5.47. The highest BCUT2D eigenvalue weighted by atomic mass is 16.5. The lowest BCUT2D eigenvalue weighted by Crippen LogP contribution is -2.50. The van der Waals surface area contributed by atoms with Gasteiger partial charge in [0.1, 0.15) is 5.75 Å². The molecule has 5 rings (SSSR count). The van der Waals surface area contributed by atoms with E-state index in [0.29, 0.717) is 31.4 Å². The summed E-state index contributed by atoms with van der Waals surface area (Å²) < 4.78 is 10.8. The molecule has 32 heavy (non-hydrogen) atoms. The number of nitrogens with one attached hydrogen (secondary N) is 1. The summed E-state index contributed by atoms with van der Waals surface area (Å²) in [6, 6.07) is 15.6. The predicted molar refractivity (Wildman–Crippen MR) is 122 cm³/mol. The van der Waals surface area contributed by atoms with Crippen LogP contribution in [0.15, 0.2) is 53.1 Å². The number of piperazine rings is 1. The van der Waals surface area contributed by atoms with E-state index in [2.05, 4.69) is 32.5 Å². The van der Waals surface area contributed by atoms with Gasteiger partial charge >= 0.3 is 6.03 Å². The van der Waals surface area contributed by atoms with Gasteiger partial charge in [0.05, 0.1) is 6.61 Å². The van der Waals surface area contributed by atoms with Crippen molar-refractivity contribution in [3.63, 3.8) is 0 Å². The Kier molecular flexibility index (Phi) is 5.66. The molecular weight excluding hydrogens is 406 g/mol. The minimum Gasteiger partial charge on any atom is -0.494 e. The molecule has 1 aromatic heterocycles. The van der Waals surface area contributed by atoms with Crippen molar-refractivity contribution in [2.24, 2.45) is 0 Å². The highest BCUT2D eigenvalue weighted by molar-refractivity contribution is 5.89. The summed E-state index contributed by atoms with van der Waals surface area (Å²) in [5.74, 6) is 2.66. The third kappa shape index (κ3) is 4.54. The van der Waals surface area contributed by atoms with Crippen molar-refractivity contribution in [1.29, 1.82) is 0 Å². The molecule has 1 saturated heterocycles. The molecule has 8 heteroatoms. The van der Waals surface area contributed by atoms with Gasteiger partial charge in [-0.05, 0) is 68.3 Å². The normalized spacial score (nSPS) is 16.2. The van der Waals surface area contributed by atoms with Crippen LogP contribution in [0.5, 0.6) is 5.75 Å². The first kappa shape index (κ1) is 20.4. The Morgan fingerprint density at radius 2 is 1.78 bits per heavy atom. The number of carbonyl (C=O) groups is 1. The maximum Gasteiger partial charge on any atom is 0.321 e. The topological polar surface area (TPSA) is 83.7 Å². The average Bonchev–Trinajstić information content (AvgIpc) is 3.57. The summed E-state index contributed by atoms with van der Waals surface area (Å²) >= 11 is 0. The first-order valence-corrected chi connectivity index (χ1v) is 11.2. The number of rotatable bonds is 6. The summed E-state index contributed by atoms with van der Waals surface area (Å²) in [6.07, 6.45) is 2.29. The number of hydrogen-bond donors (Lipinski definition) is 1. The second-order valence-electron chi connectivity index (χ2n) is 8.14. The SMILES string of the molecule is CCOc1ccc(NC(=O)N2CCN(c3ccc(-c4noc(C5CC5)n4)cc3)CC2)cc1. The minimum atomic E-state index is -0.0762. The van der Waals surface area contributed by atoms with Gasteiger partial charge in [-0.25, -0.2) is 4.79 Å². The van der Waals surface area contributed by atoms with Crippen molar-refractivity contribution in [1.82, 2.24) is 15.0 Å². The molecule has 0 radical (unpaired) electrons. The standard InChI is InChI=1S/C24H27N5O3/c1-2-31-21-11-7-19(8-12-21)25-24(30)29-15-13-28(14-16-29)20-9-5-17(6-10-20)22-26-23(32-27-22)18-3-4-18/h5-12,18H,2-4,13-16H2,1H3,(H,25,30). The van der Waals surface area contributed by atoms with E-state index in [-0.39, 0.29) is 6.03 Å². The molecule has 2 heterocycles. The zero-order chi connectivity index (χ0) is 21.9. The predicted octanol–water partition coefficient (Wildman–Crippen LogP) is 4.37. The Morgan fingerprint density at radius 1 is 1.06 bits per heavy atom. The highest BCUT2D eigenvalue weighted by Gasteiger charge is 2.29. The number of hydrogen-bond acceptors (Lipinski definition) is 6. The molecule has 1 saturated carbocycles. The molecule has 1 aliphatic carbocycles. The van der Waals surface area contributed by atoms with Gasteiger partial charge in [0, 0.05) is 49.0 Å². The Bertz CT molecular complexity index is 1050. The van der Waals surface area contributed by atoms with Gasteiger partial charge in [-0.1, -0.05) is 5.16 Å². The molecule has 1 aliphatic heterocycles. The van der Waals surface area contributed by atoms with Crippen LogP contribution in [0.25, 0.3) is 11.4 Å². The lowest BCUT2D eigenvalue weighted by atomic mass is 10.1. The summed E-state index contributed by atoms with van der Waals surface area (Å²) in [4.78, 5) is 21.3. The van der Waals surface area contributed by atoms with E-state index in [1.807, 2.05) is 48.2 Å². The largest absolute Gasteiger partial charge is 0.494 e. The summed E-state index contributed by atoms with van der Waals surface area (Å²) in [5, 5.41) is 7.08. The van der Waals surface area contributed by atoms with Gasteiger partial charge in [-0.15, -0.1) is 0 Å². The van der Waals surface area contributed by atoms with E-state index < -0.39 is 0 Å². The molecule has 2 aromatic carbocycles. The molecule has 3 aromatic rings. The molecule has 2 fully saturated rings. The molecular formula is C24H27N5O3. The van der Waals surface area contributed by atoms with E-state index in [9.17, 15) is 4.79 Å². The van der Waals surface area contributed by atoms with Crippen molar-refractivity contribution < 1.29 is 14.1 Å². The van der Waals surface area contributed by atoms with Gasteiger partial charge in [-0.2, -0.15) is 4.98 Å².